The predicted octanol–water partition coefficient (Wildman–Crippen LogP) is 4.79. The summed E-state index contributed by atoms with van der Waals surface area (Å²) in [5, 5.41) is 5.16. The zero-order chi connectivity index (χ0) is 18.1. The Bertz CT molecular complexity index is 787. The third kappa shape index (κ3) is 4.00. The Morgan fingerprint density at radius 1 is 1.24 bits per heavy atom. The molecule has 0 aliphatic heterocycles. The number of aryl methyl sites for hydroxylation is 3. The number of aromatic nitrogens is 2. The van der Waals surface area contributed by atoms with Gasteiger partial charge < -0.3 is 5.32 Å². The van der Waals surface area contributed by atoms with Crippen LogP contribution >= 0.6 is 23.1 Å². The van der Waals surface area contributed by atoms with E-state index < -0.39 is 0 Å². The maximum absolute atomic E-state index is 12.7. The van der Waals surface area contributed by atoms with E-state index in [-0.39, 0.29) is 11.2 Å². The second kappa shape index (κ2) is 7.62. The number of nitrogens with one attached hydrogen (secondary N) is 1. The number of amides is 1. The van der Waals surface area contributed by atoms with E-state index in [0.717, 1.165) is 27.5 Å². The van der Waals surface area contributed by atoms with Gasteiger partial charge in [-0.15, -0.1) is 11.3 Å². The molecule has 0 saturated heterocycles. The van der Waals surface area contributed by atoms with Gasteiger partial charge >= 0.3 is 0 Å². The van der Waals surface area contributed by atoms with Crippen molar-refractivity contribution in [2.75, 3.05) is 0 Å². The van der Waals surface area contributed by atoms with Crippen LogP contribution in [0.15, 0.2) is 5.03 Å². The fraction of sp³-hybridized carbons (Fsp3) is 0.632. The summed E-state index contributed by atoms with van der Waals surface area (Å²) in [6.07, 6.45) is 4.82. The van der Waals surface area contributed by atoms with Crippen LogP contribution in [-0.4, -0.2) is 27.2 Å². The number of thioether (sulfide) groups is 1. The highest BCUT2D eigenvalue weighted by Crippen LogP contribution is 2.36. The first-order valence-electron chi connectivity index (χ1n) is 9.08. The molecule has 1 saturated carbocycles. The van der Waals surface area contributed by atoms with Gasteiger partial charge in [0.05, 0.1) is 5.25 Å². The van der Waals surface area contributed by atoms with Crippen LogP contribution in [0.25, 0.3) is 10.2 Å². The van der Waals surface area contributed by atoms with E-state index in [1.165, 1.54) is 29.7 Å². The average molecular weight is 378 g/mol. The number of hydrogen-bond donors (Lipinski definition) is 1. The molecular weight excluding hydrogens is 350 g/mol. The number of carbonyl (C=O) groups is 1. The zero-order valence-corrected chi connectivity index (χ0v) is 17.3. The minimum absolute atomic E-state index is 0.123. The molecule has 1 amide bonds. The van der Waals surface area contributed by atoms with Crippen molar-refractivity contribution in [1.29, 1.82) is 0 Å². The highest BCUT2D eigenvalue weighted by molar-refractivity contribution is 8.00. The molecule has 136 valence electrons. The largest absolute Gasteiger partial charge is 0.352 e. The van der Waals surface area contributed by atoms with E-state index in [1.807, 2.05) is 13.8 Å². The van der Waals surface area contributed by atoms with Gasteiger partial charge in [0.15, 0.2) is 0 Å². The standard InChI is InChI=1S/C19H27N3OS2/c1-10-8-6-7-9-15(10)22-17(23)13(4)25-19-16-11(2)12(3)24-18(16)20-14(5)21-19/h10,13,15H,6-9H2,1-5H3,(H,22,23)/t10-,13+,15-/m0/s1. The first-order valence-corrected chi connectivity index (χ1v) is 10.8. The molecule has 0 unspecified atom stereocenters. The molecule has 1 aliphatic carbocycles. The van der Waals surface area contributed by atoms with Crippen molar-refractivity contribution in [2.24, 2.45) is 5.92 Å². The molecule has 3 rings (SSSR count). The molecule has 1 fully saturated rings. The number of nitrogens with zero attached hydrogens (tertiary/aromatic N) is 2. The highest BCUT2D eigenvalue weighted by atomic mass is 32.2. The van der Waals surface area contributed by atoms with Crippen LogP contribution in [0.3, 0.4) is 0 Å². The minimum atomic E-state index is -0.161. The van der Waals surface area contributed by atoms with Crippen molar-refractivity contribution in [3.63, 3.8) is 0 Å². The van der Waals surface area contributed by atoms with Gasteiger partial charge in [0, 0.05) is 16.3 Å². The molecular formula is C19H27N3OS2. The molecule has 2 heterocycles. The Kier molecular flexibility index (Phi) is 5.68. The van der Waals surface area contributed by atoms with Gasteiger partial charge in [-0.05, 0) is 52.0 Å². The smallest absolute Gasteiger partial charge is 0.233 e. The molecule has 1 aliphatic rings. The van der Waals surface area contributed by atoms with Gasteiger partial charge in [-0.1, -0.05) is 31.5 Å². The Morgan fingerprint density at radius 2 is 1.96 bits per heavy atom. The lowest BCUT2D eigenvalue weighted by Gasteiger charge is -2.30. The maximum atomic E-state index is 12.7. The summed E-state index contributed by atoms with van der Waals surface area (Å²) in [5.41, 5.74) is 1.23. The minimum Gasteiger partial charge on any atom is -0.352 e. The number of hydrogen-bond acceptors (Lipinski definition) is 5. The molecule has 2 aromatic rings. The van der Waals surface area contributed by atoms with Crippen molar-refractivity contribution < 1.29 is 4.79 Å². The molecule has 1 N–H and O–H groups in total. The van der Waals surface area contributed by atoms with Crippen LogP contribution in [-0.2, 0) is 4.79 Å². The molecule has 0 bridgehead atoms. The highest BCUT2D eigenvalue weighted by Gasteiger charge is 2.26. The summed E-state index contributed by atoms with van der Waals surface area (Å²) in [4.78, 5) is 24.2. The fourth-order valence-corrected chi connectivity index (χ4v) is 5.65. The monoisotopic (exact) mass is 377 g/mol. The summed E-state index contributed by atoms with van der Waals surface area (Å²) in [5.74, 6) is 1.47. The van der Waals surface area contributed by atoms with Crippen molar-refractivity contribution in [3.05, 3.63) is 16.3 Å². The quantitative estimate of drug-likeness (QED) is 0.615. The summed E-state index contributed by atoms with van der Waals surface area (Å²) in [7, 11) is 0. The first-order chi connectivity index (χ1) is 11.9. The number of rotatable bonds is 4. The van der Waals surface area contributed by atoms with Crippen molar-refractivity contribution in [3.8, 4) is 0 Å². The molecule has 25 heavy (non-hydrogen) atoms. The van der Waals surface area contributed by atoms with Crippen LogP contribution in [0.5, 0.6) is 0 Å². The second-order valence-electron chi connectivity index (χ2n) is 7.18. The summed E-state index contributed by atoms with van der Waals surface area (Å²) >= 11 is 3.26. The summed E-state index contributed by atoms with van der Waals surface area (Å²) < 4.78 is 0. The summed E-state index contributed by atoms with van der Waals surface area (Å²) in [6, 6.07) is 0.321. The molecule has 3 atom stereocenters. The van der Waals surface area contributed by atoms with Crippen molar-refractivity contribution in [1.82, 2.24) is 15.3 Å². The van der Waals surface area contributed by atoms with E-state index in [9.17, 15) is 4.79 Å². The molecule has 6 heteroatoms. The van der Waals surface area contributed by atoms with Gasteiger partial charge in [-0.25, -0.2) is 9.97 Å². The van der Waals surface area contributed by atoms with Crippen LogP contribution < -0.4 is 5.32 Å². The van der Waals surface area contributed by atoms with Crippen LogP contribution in [0.1, 0.15) is 55.8 Å². The van der Waals surface area contributed by atoms with Gasteiger partial charge in [-0.2, -0.15) is 0 Å². The first kappa shape index (κ1) is 18.6. The Hall–Kier alpha value is -1.14. The number of carbonyl (C=O) groups excluding carboxylic acids is 1. The van der Waals surface area contributed by atoms with Gasteiger partial charge in [0.2, 0.25) is 5.91 Å². The van der Waals surface area contributed by atoms with Crippen molar-refractivity contribution >= 4 is 39.2 Å². The normalized spacial score (nSPS) is 22.1. The lowest BCUT2D eigenvalue weighted by atomic mass is 9.86. The van der Waals surface area contributed by atoms with E-state index in [1.54, 1.807) is 23.1 Å². The van der Waals surface area contributed by atoms with Crippen LogP contribution in [0.2, 0.25) is 0 Å². The van der Waals surface area contributed by atoms with E-state index in [2.05, 4.69) is 36.1 Å². The third-order valence-electron chi connectivity index (χ3n) is 5.20. The Labute approximate surface area is 158 Å². The van der Waals surface area contributed by atoms with Gasteiger partial charge in [0.25, 0.3) is 0 Å². The second-order valence-corrected chi connectivity index (χ2v) is 9.71. The molecule has 0 aromatic carbocycles. The van der Waals surface area contributed by atoms with E-state index in [4.69, 9.17) is 0 Å². The SMILES string of the molecule is Cc1nc(S[C@H](C)C(=O)N[C@H]2CCCC[C@@H]2C)c2c(C)c(C)sc2n1. The van der Waals surface area contributed by atoms with Crippen molar-refractivity contribution in [2.45, 2.75) is 76.6 Å². The zero-order valence-electron chi connectivity index (χ0n) is 15.7. The number of fused-ring (bicyclic) bond motifs is 1. The van der Waals surface area contributed by atoms with Crippen LogP contribution in [0, 0.1) is 26.7 Å². The van der Waals surface area contributed by atoms with Gasteiger partial charge in [0.1, 0.15) is 15.7 Å². The number of thiophene rings is 1. The summed E-state index contributed by atoms with van der Waals surface area (Å²) in [6.45, 7) is 10.4. The molecule has 2 aromatic heterocycles. The molecule has 4 nitrogen and oxygen atoms in total. The lowest BCUT2D eigenvalue weighted by molar-refractivity contribution is -0.121. The Morgan fingerprint density at radius 3 is 2.68 bits per heavy atom. The van der Waals surface area contributed by atoms with Crippen LogP contribution in [0.4, 0.5) is 0 Å². The topological polar surface area (TPSA) is 54.9 Å². The van der Waals surface area contributed by atoms with E-state index >= 15 is 0 Å². The maximum Gasteiger partial charge on any atom is 0.233 e. The van der Waals surface area contributed by atoms with E-state index in [0.29, 0.717) is 12.0 Å². The van der Waals surface area contributed by atoms with Gasteiger partial charge in [-0.3, -0.25) is 4.79 Å². The molecule has 0 radical (unpaired) electrons. The lowest BCUT2D eigenvalue weighted by Crippen LogP contribution is -2.44. The Balaban J connectivity index is 1.77. The molecule has 0 spiro atoms. The fourth-order valence-electron chi connectivity index (χ4n) is 3.45. The average Bonchev–Trinajstić information content (AvgIpc) is 2.83. The third-order valence-corrected chi connectivity index (χ3v) is 7.39. The predicted molar refractivity (Wildman–Crippen MR) is 107 cm³/mol.